The summed E-state index contributed by atoms with van der Waals surface area (Å²) in [6, 6.07) is 23.8. The molecule has 0 bridgehead atoms. The highest BCUT2D eigenvalue weighted by molar-refractivity contribution is 5.63. The lowest BCUT2D eigenvalue weighted by molar-refractivity contribution is 0.220. The van der Waals surface area contributed by atoms with Crippen LogP contribution in [0.15, 0.2) is 78.9 Å². The van der Waals surface area contributed by atoms with Crippen molar-refractivity contribution in [3.8, 4) is 11.1 Å². The Kier molecular flexibility index (Phi) is 3.80. The number of rotatable bonds is 3. The summed E-state index contributed by atoms with van der Waals surface area (Å²) in [5.41, 5.74) is 3.72. The molecule has 3 aromatic carbocycles. The maximum Gasteiger partial charge on any atom is 0.123 e. The fourth-order valence-electron chi connectivity index (χ4n) is 2.33. The molecular weight excluding hydrogens is 263 g/mol. The SMILES string of the molecule is OC(c1ccc(F)cc1)c1ccc(-c2ccccc2)cc1. The second-order valence-electron chi connectivity index (χ2n) is 4.94. The molecule has 21 heavy (non-hydrogen) atoms. The smallest absolute Gasteiger partial charge is 0.123 e. The van der Waals surface area contributed by atoms with Gasteiger partial charge in [-0.3, -0.25) is 0 Å². The number of halogens is 1. The molecule has 3 rings (SSSR count). The van der Waals surface area contributed by atoms with E-state index in [4.69, 9.17) is 0 Å². The van der Waals surface area contributed by atoms with Gasteiger partial charge in [0, 0.05) is 0 Å². The number of hydrogen-bond donors (Lipinski definition) is 1. The lowest BCUT2D eigenvalue weighted by Crippen LogP contribution is -1.99. The Morgan fingerprint density at radius 1 is 0.619 bits per heavy atom. The molecule has 0 aliphatic rings. The highest BCUT2D eigenvalue weighted by Crippen LogP contribution is 2.25. The molecule has 0 heterocycles. The summed E-state index contributed by atoms with van der Waals surface area (Å²) in [6.07, 6.45) is -0.740. The van der Waals surface area contributed by atoms with Gasteiger partial charge < -0.3 is 5.11 Å². The van der Waals surface area contributed by atoms with Gasteiger partial charge in [0.1, 0.15) is 11.9 Å². The van der Waals surface area contributed by atoms with Crippen molar-refractivity contribution in [1.29, 1.82) is 0 Å². The third-order valence-corrected chi connectivity index (χ3v) is 3.52. The third-order valence-electron chi connectivity index (χ3n) is 3.52. The number of benzene rings is 3. The van der Waals surface area contributed by atoms with E-state index in [9.17, 15) is 9.50 Å². The Morgan fingerprint density at radius 2 is 1.10 bits per heavy atom. The van der Waals surface area contributed by atoms with Gasteiger partial charge >= 0.3 is 0 Å². The molecule has 1 N–H and O–H groups in total. The van der Waals surface area contributed by atoms with Gasteiger partial charge in [0.05, 0.1) is 0 Å². The van der Waals surface area contributed by atoms with Gasteiger partial charge in [-0.15, -0.1) is 0 Å². The van der Waals surface area contributed by atoms with Crippen molar-refractivity contribution in [3.05, 3.63) is 95.8 Å². The van der Waals surface area contributed by atoms with E-state index in [2.05, 4.69) is 0 Å². The largest absolute Gasteiger partial charge is 0.384 e. The van der Waals surface area contributed by atoms with Crippen LogP contribution in [0.3, 0.4) is 0 Å². The van der Waals surface area contributed by atoms with Crippen molar-refractivity contribution < 1.29 is 9.50 Å². The van der Waals surface area contributed by atoms with Crippen molar-refractivity contribution in [1.82, 2.24) is 0 Å². The predicted molar refractivity (Wildman–Crippen MR) is 82.3 cm³/mol. The molecule has 3 aromatic rings. The van der Waals surface area contributed by atoms with Crippen LogP contribution in [0.5, 0.6) is 0 Å². The predicted octanol–water partition coefficient (Wildman–Crippen LogP) is 4.57. The lowest BCUT2D eigenvalue weighted by atomic mass is 9.98. The average Bonchev–Trinajstić information content (AvgIpc) is 2.56. The first kappa shape index (κ1) is 13.5. The molecular formula is C19H15FO. The zero-order chi connectivity index (χ0) is 14.7. The molecule has 0 spiro atoms. The van der Waals surface area contributed by atoms with Crippen LogP contribution in [0.4, 0.5) is 4.39 Å². The maximum atomic E-state index is 12.9. The molecule has 104 valence electrons. The minimum absolute atomic E-state index is 0.301. The summed E-state index contributed by atoms with van der Waals surface area (Å²) in [4.78, 5) is 0. The fraction of sp³-hybridized carbons (Fsp3) is 0.0526. The number of aliphatic hydroxyl groups excluding tert-OH is 1. The summed E-state index contributed by atoms with van der Waals surface area (Å²) >= 11 is 0. The Balaban J connectivity index is 1.85. The molecule has 0 saturated carbocycles. The van der Waals surface area contributed by atoms with E-state index < -0.39 is 6.10 Å². The fourth-order valence-corrected chi connectivity index (χ4v) is 2.33. The van der Waals surface area contributed by atoms with Crippen molar-refractivity contribution in [2.75, 3.05) is 0 Å². The summed E-state index contributed by atoms with van der Waals surface area (Å²) < 4.78 is 12.9. The van der Waals surface area contributed by atoms with Crippen LogP contribution in [0, 0.1) is 5.82 Å². The summed E-state index contributed by atoms with van der Waals surface area (Å²) in [5.74, 6) is -0.301. The second kappa shape index (κ2) is 5.90. The highest BCUT2D eigenvalue weighted by atomic mass is 19.1. The quantitative estimate of drug-likeness (QED) is 0.743. The van der Waals surface area contributed by atoms with Gasteiger partial charge in [-0.2, -0.15) is 0 Å². The minimum atomic E-state index is -0.740. The first-order chi connectivity index (χ1) is 10.2. The molecule has 0 saturated heterocycles. The van der Waals surface area contributed by atoms with E-state index in [-0.39, 0.29) is 5.82 Å². The molecule has 1 nitrogen and oxygen atoms in total. The van der Waals surface area contributed by atoms with E-state index in [1.165, 1.54) is 12.1 Å². The van der Waals surface area contributed by atoms with E-state index in [0.29, 0.717) is 5.56 Å². The molecule has 0 aromatic heterocycles. The number of aliphatic hydroxyl groups is 1. The minimum Gasteiger partial charge on any atom is -0.384 e. The van der Waals surface area contributed by atoms with Crippen LogP contribution in [-0.4, -0.2) is 5.11 Å². The van der Waals surface area contributed by atoms with Crippen molar-refractivity contribution in [2.24, 2.45) is 0 Å². The Labute approximate surface area is 123 Å². The van der Waals surface area contributed by atoms with E-state index in [0.717, 1.165) is 16.7 Å². The molecule has 0 amide bonds. The van der Waals surface area contributed by atoms with E-state index in [1.807, 2.05) is 54.6 Å². The first-order valence-corrected chi connectivity index (χ1v) is 6.83. The van der Waals surface area contributed by atoms with Crippen LogP contribution in [0.1, 0.15) is 17.2 Å². The first-order valence-electron chi connectivity index (χ1n) is 6.83. The van der Waals surface area contributed by atoms with E-state index in [1.54, 1.807) is 12.1 Å². The molecule has 1 atom stereocenters. The average molecular weight is 278 g/mol. The monoisotopic (exact) mass is 278 g/mol. The standard InChI is InChI=1S/C19H15FO/c20-18-12-10-17(11-13-18)19(21)16-8-6-15(7-9-16)14-4-2-1-3-5-14/h1-13,19,21H. The zero-order valence-corrected chi connectivity index (χ0v) is 11.4. The van der Waals surface area contributed by atoms with Crippen LogP contribution in [0.25, 0.3) is 11.1 Å². The topological polar surface area (TPSA) is 20.2 Å². The van der Waals surface area contributed by atoms with Gasteiger partial charge in [-0.25, -0.2) is 4.39 Å². The van der Waals surface area contributed by atoms with Crippen molar-refractivity contribution >= 4 is 0 Å². The summed E-state index contributed by atoms with van der Waals surface area (Å²) in [7, 11) is 0. The van der Waals surface area contributed by atoms with Gasteiger partial charge in [-0.05, 0) is 34.4 Å². The third kappa shape index (κ3) is 3.01. The summed E-state index contributed by atoms with van der Waals surface area (Å²) in [5, 5.41) is 10.3. The Hall–Kier alpha value is -2.45. The summed E-state index contributed by atoms with van der Waals surface area (Å²) in [6.45, 7) is 0. The molecule has 0 aliphatic carbocycles. The normalized spacial score (nSPS) is 12.1. The van der Waals surface area contributed by atoms with Gasteiger partial charge in [0.2, 0.25) is 0 Å². The van der Waals surface area contributed by atoms with Crippen LogP contribution < -0.4 is 0 Å². The van der Waals surface area contributed by atoms with Crippen molar-refractivity contribution in [3.63, 3.8) is 0 Å². The van der Waals surface area contributed by atoms with E-state index >= 15 is 0 Å². The van der Waals surface area contributed by atoms with Crippen LogP contribution in [0.2, 0.25) is 0 Å². The second-order valence-corrected chi connectivity index (χ2v) is 4.94. The van der Waals surface area contributed by atoms with Crippen LogP contribution in [-0.2, 0) is 0 Å². The van der Waals surface area contributed by atoms with Crippen LogP contribution >= 0.6 is 0 Å². The van der Waals surface area contributed by atoms with Gasteiger partial charge in [-0.1, -0.05) is 66.7 Å². The lowest BCUT2D eigenvalue weighted by Gasteiger charge is -2.12. The molecule has 0 aliphatic heterocycles. The van der Waals surface area contributed by atoms with Gasteiger partial charge in [0.25, 0.3) is 0 Å². The highest BCUT2D eigenvalue weighted by Gasteiger charge is 2.10. The van der Waals surface area contributed by atoms with Crippen molar-refractivity contribution in [2.45, 2.75) is 6.10 Å². The van der Waals surface area contributed by atoms with Gasteiger partial charge in [0.15, 0.2) is 0 Å². The Bertz CT molecular complexity index is 703. The maximum absolute atomic E-state index is 12.9. The zero-order valence-electron chi connectivity index (χ0n) is 11.4. The number of hydrogen-bond acceptors (Lipinski definition) is 1. The Morgan fingerprint density at radius 3 is 1.67 bits per heavy atom. The molecule has 0 fully saturated rings. The molecule has 2 heteroatoms. The molecule has 1 unspecified atom stereocenters. The molecule has 0 radical (unpaired) electrons.